The van der Waals surface area contributed by atoms with E-state index in [1.165, 1.54) is 0 Å². The smallest absolute Gasteiger partial charge is 0.146 e. The molecule has 1 aromatic heterocycles. The normalized spacial score (nSPS) is 9.38. The van der Waals surface area contributed by atoms with Crippen molar-refractivity contribution in [2.75, 3.05) is 18.5 Å². The molecule has 118 valence electrons. The van der Waals surface area contributed by atoms with Gasteiger partial charge >= 0.3 is 0 Å². The minimum atomic E-state index is 0. The van der Waals surface area contributed by atoms with Crippen LogP contribution in [0.5, 0.6) is 11.5 Å². The first-order valence-electron chi connectivity index (χ1n) is 6.45. The number of nitrogens with one attached hydrogen (secondary N) is 1. The molecule has 1 heterocycles. The average Bonchev–Trinajstić information content (AvgIpc) is 2.90. The van der Waals surface area contributed by atoms with Crippen molar-refractivity contribution < 1.29 is 9.84 Å². The molecule has 0 radical (unpaired) electrons. The van der Waals surface area contributed by atoms with Gasteiger partial charge in [0.25, 0.3) is 0 Å². The van der Waals surface area contributed by atoms with Crippen molar-refractivity contribution >= 4 is 30.5 Å². The summed E-state index contributed by atoms with van der Waals surface area (Å²) in [5, 5.41) is 13.1. The molecule has 0 aliphatic rings. The Morgan fingerprint density at radius 1 is 1.33 bits per heavy atom. The Morgan fingerprint density at radius 2 is 2.14 bits per heavy atom. The summed E-state index contributed by atoms with van der Waals surface area (Å²) in [6, 6.07) is 5.28. The van der Waals surface area contributed by atoms with Gasteiger partial charge < -0.3 is 19.7 Å². The summed E-state index contributed by atoms with van der Waals surface area (Å²) in [6.07, 6.45) is 6.44. The Morgan fingerprint density at radius 3 is 2.81 bits per heavy atom. The minimum Gasteiger partial charge on any atom is -0.506 e. The van der Waals surface area contributed by atoms with Crippen molar-refractivity contribution in [2.24, 2.45) is 0 Å². The molecule has 0 saturated heterocycles. The summed E-state index contributed by atoms with van der Waals surface area (Å²) in [5.74, 6) is 0.902. The second kappa shape index (κ2) is 10.2. The molecule has 0 bridgehead atoms. The highest BCUT2D eigenvalue weighted by Crippen LogP contribution is 2.33. The lowest BCUT2D eigenvalue weighted by Gasteiger charge is -2.13. The van der Waals surface area contributed by atoms with Gasteiger partial charge in [-0.05, 0) is 25.5 Å². The summed E-state index contributed by atoms with van der Waals surface area (Å²) in [7, 11) is 0. The van der Waals surface area contributed by atoms with E-state index < -0.39 is 0 Å². The van der Waals surface area contributed by atoms with Crippen molar-refractivity contribution in [1.82, 2.24) is 9.55 Å². The highest BCUT2D eigenvalue weighted by atomic mass is 35.5. The molecule has 0 aliphatic heterocycles. The van der Waals surface area contributed by atoms with E-state index in [1.54, 1.807) is 24.7 Å². The molecule has 0 spiro atoms. The van der Waals surface area contributed by atoms with Crippen LogP contribution < -0.4 is 10.1 Å². The Hall–Kier alpha value is -1.59. The van der Waals surface area contributed by atoms with E-state index in [0.717, 1.165) is 19.5 Å². The standard InChI is InChI=1S/C14H19N3O2.2ClH/c1-2-19-13-6-3-5-12(18)14(13)16-7-4-9-17-10-8-15-11-17;;/h3,5-6,8,10-11,16,18H,2,4,7,9H2,1H3;2*1H. The number of benzene rings is 1. The molecule has 2 rings (SSSR count). The molecule has 7 heteroatoms. The van der Waals surface area contributed by atoms with Crippen LogP contribution in [0.4, 0.5) is 5.69 Å². The maximum Gasteiger partial charge on any atom is 0.146 e. The zero-order valence-electron chi connectivity index (χ0n) is 11.9. The Bertz CT molecular complexity index is 507. The van der Waals surface area contributed by atoms with Crippen LogP contribution >= 0.6 is 24.8 Å². The monoisotopic (exact) mass is 333 g/mol. The molecular weight excluding hydrogens is 313 g/mol. The van der Waals surface area contributed by atoms with Gasteiger partial charge in [-0.1, -0.05) is 6.07 Å². The molecule has 0 amide bonds. The number of aromatic hydroxyl groups is 1. The second-order valence-electron chi connectivity index (χ2n) is 4.16. The van der Waals surface area contributed by atoms with Gasteiger partial charge in [-0.2, -0.15) is 0 Å². The zero-order valence-corrected chi connectivity index (χ0v) is 13.5. The molecule has 2 N–H and O–H groups in total. The first-order chi connectivity index (χ1) is 9.31. The number of hydrogen-bond donors (Lipinski definition) is 2. The van der Waals surface area contributed by atoms with E-state index in [4.69, 9.17) is 4.74 Å². The molecule has 0 saturated carbocycles. The lowest BCUT2D eigenvalue weighted by Crippen LogP contribution is -2.07. The van der Waals surface area contributed by atoms with E-state index in [9.17, 15) is 5.11 Å². The Balaban J connectivity index is 0.00000200. The van der Waals surface area contributed by atoms with Crippen LogP contribution in [0.1, 0.15) is 13.3 Å². The molecule has 0 aliphatic carbocycles. The number of nitrogens with zero attached hydrogens (tertiary/aromatic N) is 2. The summed E-state index contributed by atoms with van der Waals surface area (Å²) in [6.45, 7) is 4.15. The first-order valence-corrected chi connectivity index (χ1v) is 6.45. The highest BCUT2D eigenvalue weighted by molar-refractivity contribution is 5.85. The van der Waals surface area contributed by atoms with Crippen LogP contribution in [0.25, 0.3) is 0 Å². The minimum absolute atomic E-state index is 0. The number of phenols is 1. The number of hydrogen-bond acceptors (Lipinski definition) is 4. The van der Waals surface area contributed by atoms with Gasteiger partial charge in [0.15, 0.2) is 0 Å². The summed E-state index contributed by atoms with van der Waals surface area (Å²) >= 11 is 0. The SMILES string of the molecule is CCOc1cccc(O)c1NCCCn1ccnc1.Cl.Cl. The molecule has 21 heavy (non-hydrogen) atoms. The van der Waals surface area contributed by atoms with Crippen LogP contribution in [0, 0.1) is 0 Å². The highest BCUT2D eigenvalue weighted by Gasteiger charge is 2.07. The van der Waals surface area contributed by atoms with Gasteiger partial charge in [-0.25, -0.2) is 4.98 Å². The molecule has 0 fully saturated rings. The fourth-order valence-electron chi connectivity index (χ4n) is 1.87. The van der Waals surface area contributed by atoms with Crippen molar-refractivity contribution in [3.05, 3.63) is 36.9 Å². The number of anilines is 1. The van der Waals surface area contributed by atoms with Crippen LogP contribution in [-0.4, -0.2) is 27.8 Å². The van der Waals surface area contributed by atoms with E-state index in [2.05, 4.69) is 10.3 Å². The summed E-state index contributed by atoms with van der Waals surface area (Å²) in [5.41, 5.74) is 0.662. The van der Waals surface area contributed by atoms with Gasteiger partial charge in [-0.15, -0.1) is 24.8 Å². The maximum atomic E-state index is 9.84. The van der Waals surface area contributed by atoms with Crippen LogP contribution in [0.3, 0.4) is 0 Å². The molecule has 1 aromatic carbocycles. The number of ether oxygens (including phenoxy) is 1. The van der Waals surface area contributed by atoms with E-state index in [1.807, 2.05) is 23.8 Å². The molecule has 2 aromatic rings. The number of aryl methyl sites for hydroxylation is 1. The number of rotatable bonds is 7. The van der Waals surface area contributed by atoms with Gasteiger partial charge in [0.2, 0.25) is 0 Å². The third-order valence-electron chi connectivity index (χ3n) is 2.76. The van der Waals surface area contributed by atoms with E-state index in [0.29, 0.717) is 18.0 Å². The zero-order chi connectivity index (χ0) is 13.5. The molecular formula is C14H21Cl2N3O2. The third kappa shape index (κ3) is 5.73. The van der Waals surface area contributed by atoms with Gasteiger partial charge in [0.1, 0.15) is 17.2 Å². The fourth-order valence-corrected chi connectivity index (χ4v) is 1.87. The lowest BCUT2D eigenvalue weighted by molar-refractivity contribution is 0.339. The maximum absolute atomic E-state index is 9.84. The molecule has 5 nitrogen and oxygen atoms in total. The van der Waals surface area contributed by atoms with Crippen LogP contribution in [-0.2, 0) is 6.54 Å². The summed E-state index contributed by atoms with van der Waals surface area (Å²) < 4.78 is 7.51. The number of aromatic nitrogens is 2. The summed E-state index contributed by atoms with van der Waals surface area (Å²) in [4.78, 5) is 3.99. The predicted molar refractivity (Wildman–Crippen MR) is 89.1 cm³/mol. The van der Waals surface area contributed by atoms with Crippen LogP contribution in [0.15, 0.2) is 36.9 Å². The van der Waals surface area contributed by atoms with Gasteiger partial charge in [0.05, 0.1) is 12.9 Å². The molecule has 0 atom stereocenters. The van der Waals surface area contributed by atoms with Crippen molar-refractivity contribution in [2.45, 2.75) is 19.9 Å². The van der Waals surface area contributed by atoms with E-state index in [-0.39, 0.29) is 30.6 Å². The van der Waals surface area contributed by atoms with Gasteiger partial charge in [-0.3, -0.25) is 0 Å². The lowest BCUT2D eigenvalue weighted by atomic mass is 10.2. The average molecular weight is 334 g/mol. The van der Waals surface area contributed by atoms with Gasteiger partial charge in [0, 0.05) is 25.5 Å². The predicted octanol–water partition coefficient (Wildman–Crippen LogP) is 3.33. The Kier molecular flexibility index (Phi) is 9.41. The second-order valence-corrected chi connectivity index (χ2v) is 4.16. The number of imidazole rings is 1. The van der Waals surface area contributed by atoms with Crippen molar-refractivity contribution in [3.8, 4) is 11.5 Å². The quantitative estimate of drug-likeness (QED) is 0.602. The van der Waals surface area contributed by atoms with Crippen LogP contribution in [0.2, 0.25) is 0 Å². The molecule has 0 unspecified atom stereocenters. The fraction of sp³-hybridized carbons (Fsp3) is 0.357. The van der Waals surface area contributed by atoms with E-state index >= 15 is 0 Å². The van der Waals surface area contributed by atoms with Crippen molar-refractivity contribution in [3.63, 3.8) is 0 Å². The van der Waals surface area contributed by atoms with Crippen molar-refractivity contribution in [1.29, 1.82) is 0 Å². The number of para-hydroxylation sites is 1. The number of halogens is 2. The number of phenolic OH excluding ortho intramolecular Hbond substituents is 1. The third-order valence-corrected chi connectivity index (χ3v) is 2.76. The largest absolute Gasteiger partial charge is 0.506 e. The Labute approximate surface area is 137 Å². The first kappa shape index (κ1) is 19.4. The topological polar surface area (TPSA) is 59.3 Å².